The molecule has 0 saturated carbocycles. The van der Waals surface area contributed by atoms with Gasteiger partial charge in [-0.1, -0.05) is 35.3 Å². The molecule has 4 rings (SSSR count). The molecule has 0 aromatic heterocycles. The third-order valence-electron chi connectivity index (χ3n) is 6.61. The van der Waals surface area contributed by atoms with Crippen LogP contribution in [-0.2, 0) is 11.3 Å². The number of piperidine rings is 1. The Morgan fingerprint density at radius 2 is 1.68 bits per heavy atom. The fourth-order valence-electron chi connectivity index (χ4n) is 4.73. The fourth-order valence-corrected chi connectivity index (χ4v) is 5.02. The van der Waals surface area contributed by atoms with Crippen molar-refractivity contribution in [2.45, 2.75) is 25.8 Å². The van der Waals surface area contributed by atoms with Gasteiger partial charge in [0.15, 0.2) is 0 Å². The summed E-state index contributed by atoms with van der Waals surface area (Å²) in [4.78, 5) is 32.4. The smallest absolute Gasteiger partial charge is 0.253 e. The first kappa shape index (κ1) is 24.5. The van der Waals surface area contributed by atoms with E-state index >= 15 is 0 Å². The summed E-state index contributed by atoms with van der Waals surface area (Å²) in [6.07, 6.45) is 2.53. The number of rotatable bonds is 4. The fraction of sp³-hybridized carbons (Fsp3) is 0.423. The van der Waals surface area contributed by atoms with E-state index in [1.54, 1.807) is 23.1 Å². The van der Waals surface area contributed by atoms with Crippen LogP contribution in [0, 0.1) is 17.2 Å². The number of nitrogens with zero attached hydrogens (tertiary/aromatic N) is 4. The Bertz CT molecular complexity index is 1080. The predicted octanol–water partition coefficient (Wildman–Crippen LogP) is 4.45. The molecule has 1 atom stereocenters. The van der Waals surface area contributed by atoms with Gasteiger partial charge in [0.2, 0.25) is 5.91 Å². The molecule has 2 fully saturated rings. The minimum atomic E-state index is -0.175. The van der Waals surface area contributed by atoms with Crippen molar-refractivity contribution in [3.63, 3.8) is 0 Å². The Balaban J connectivity index is 1.33. The monoisotopic (exact) mass is 498 g/mol. The first-order chi connectivity index (χ1) is 16.4. The maximum atomic E-state index is 13.3. The molecule has 2 aromatic carbocycles. The highest BCUT2D eigenvalue weighted by atomic mass is 35.5. The SMILES string of the molecule is N#Cc1ccc(CN2CCCN(C(=O)[C@@H]3CCCN(C(=O)c4ccc(Cl)c(Cl)c4)C3)CC2)cc1. The highest BCUT2D eigenvalue weighted by molar-refractivity contribution is 6.42. The summed E-state index contributed by atoms with van der Waals surface area (Å²) in [5, 5.41) is 9.74. The average Bonchev–Trinajstić information content (AvgIpc) is 3.11. The lowest BCUT2D eigenvalue weighted by atomic mass is 9.95. The lowest BCUT2D eigenvalue weighted by Gasteiger charge is -2.35. The van der Waals surface area contributed by atoms with Gasteiger partial charge in [-0.05, 0) is 55.2 Å². The summed E-state index contributed by atoms with van der Waals surface area (Å²) in [7, 11) is 0. The minimum absolute atomic E-state index is 0.111. The van der Waals surface area contributed by atoms with Gasteiger partial charge < -0.3 is 9.80 Å². The van der Waals surface area contributed by atoms with Crippen LogP contribution < -0.4 is 0 Å². The maximum Gasteiger partial charge on any atom is 0.253 e. The Kier molecular flexibility index (Phi) is 8.10. The van der Waals surface area contributed by atoms with Crippen LogP contribution in [0.15, 0.2) is 42.5 Å². The van der Waals surface area contributed by atoms with Gasteiger partial charge in [0.1, 0.15) is 0 Å². The molecule has 34 heavy (non-hydrogen) atoms. The molecule has 8 heteroatoms. The van der Waals surface area contributed by atoms with Crippen molar-refractivity contribution in [3.8, 4) is 6.07 Å². The molecule has 2 heterocycles. The maximum absolute atomic E-state index is 13.3. The molecule has 2 aliphatic heterocycles. The van der Waals surface area contributed by atoms with Crippen LogP contribution in [0.3, 0.4) is 0 Å². The standard InChI is InChI=1S/C26H28Cl2N4O2/c27-23-9-8-21(15-24(23)28)25(33)32-11-1-3-22(18-32)26(34)31-12-2-10-30(13-14-31)17-20-6-4-19(16-29)5-7-20/h4-9,15,22H,1-3,10-14,17-18H2/t22-/m1/s1. The first-order valence-corrected chi connectivity index (χ1v) is 12.4. The Morgan fingerprint density at radius 1 is 0.912 bits per heavy atom. The Morgan fingerprint density at radius 3 is 2.41 bits per heavy atom. The second-order valence-electron chi connectivity index (χ2n) is 8.98. The molecule has 2 amide bonds. The lowest BCUT2D eigenvalue weighted by Crippen LogP contribution is -2.47. The molecule has 0 bridgehead atoms. The van der Waals surface area contributed by atoms with Crippen LogP contribution in [0.1, 0.15) is 40.7 Å². The summed E-state index contributed by atoms with van der Waals surface area (Å²) in [5.74, 6) is -0.141. The Hall–Kier alpha value is -2.59. The summed E-state index contributed by atoms with van der Waals surface area (Å²) < 4.78 is 0. The summed E-state index contributed by atoms with van der Waals surface area (Å²) in [6.45, 7) is 5.04. The highest BCUT2D eigenvalue weighted by Crippen LogP contribution is 2.26. The molecular formula is C26H28Cl2N4O2. The van der Waals surface area contributed by atoms with Crippen molar-refractivity contribution in [3.05, 3.63) is 69.2 Å². The van der Waals surface area contributed by atoms with Gasteiger partial charge in [0.25, 0.3) is 5.91 Å². The van der Waals surface area contributed by atoms with E-state index in [1.165, 1.54) is 5.56 Å². The summed E-state index contributed by atoms with van der Waals surface area (Å²) in [6, 6.07) is 14.7. The normalized spacial score (nSPS) is 19.4. The van der Waals surface area contributed by atoms with E-state index in [2.05, 4.69) is 11.0 Å². The number of hydrogen-bond acceptors (Lipinski definition) is 4. The van der Waals surface area contributed by atoms with Crippen LogP contribution in [0.2, 0.25) is 10.0 Å². The molecule has 0 aliphatic carbocycles. The van der Waals surface area contributed by atoms with Crippen LogP contribution >= 0.6 is 23.2 Å². The molecule has 0 radical (unpaired) electrons. The number of carbonyl (C=O) groups excluding carboxylic acids is 2. The predicted molar refractivity (Wildman–Crippen MR) is 133 cm³/mol. The van der Waals surface area contributed by atoms with Gasteiger partial charge in [-0.25, -0.2) is 0 Å². The molecule has 6 nitrogen and oxygen atoms in total. The van der Waals surface area contributed by atoms with E-state index < -0.39 is 0 Å². The molecule has 2 saturated heterocycles. The number of amides is 2. The summed E-state index contributed by atoms with van der Waals surface area (Å²) >= 11 is 12.1. The molecule has 2 aromatic rings. The zero-order chi connectivity index (χ0) is 24.1. The molecule has 0 N–H and O–H groups in total. The van der Waals surface area contributed by atoms with Crippen molar-refractivity contribution in [1.82, 2.24) is 14.7 Å². The topological polar surface area (TPSA) is 67.7 Å². The molecule has 2 aliphatic rings. The van der Waals surface area contributed by atoms with Crippen molar-refractivity contribution in [2.24, 2.45) is 5.92 Å². The quantitative estimate of drug-likeness (QED) is 0.624. The van der Waals surface area contributed by atoms with Crippen LogP contribution in [0.25, 0.3) is 0 Å². The minimum Gasteiger partial charge on any atom is -0.341 e. The first-order valence-electron chi connectivity index (χ1n) is 11.7. The second kappa shape index (κ2) is 11.2. The molecular weight excluding hydrogens is 471 g/mol. The lowest BCUT2D eigenvalue weighted by molar-refractivity contribution is -0.136. The van der Waals surface area contributed by atoms with Crippen molar-refractivity contribution < 1.29 is 9.59 Å². The zero-order valence-corrected chi connectivity index (χ0v) is 20.6. The van der Waals surface area contributed by atoms with Gasteiger partial charge in [0.05, 0.1) is 27.6 Å². The molecule has 0 unspecified atom stereocenters. The third-order valence-corrected chi connectivity index (χ3v) is 7.35. The highest BCUT2D eigenvalue weighted by Gasteiger charge is 2.32. The van der Waals surface area contributed by atoms with Gasteiger partial charge >= 0.3 is 0 Å². The number of hydrogen-bond donors (Lipinski definition) is 0. The van der Waals surface area contributed by atoms with Crippen LogP contribution in [0.5, 0.6) is 0 Å². The van der Waals surface area contributed by atoms with Crippen molar-refractivity contribution in [2.75, 3.05) is 39.3 Å². The van der Waals surface area contributed by atoms with Gasteiger partial charge in [-0.15, -0.1) is 0 Å². The number of nitriles is 1. The number of halogens is 2. The van der Waals surface area contributed by atoms with Crippen LogP contribution in [0.4, 0.5) is 0 Å². The van der Waals surface area contributed by atoms with Crippen molar-refractivity contribution in [1.29, 1.82) is 5.26 Å². The van der Waals surface area contributed by atoms with E-state index in [4.69, 9.17) is 28.5 Å². The zero-order valence-electron chi connectivity index (χ0n) is 19.1. The van der Waals surface area contributed by atoms with Gasteiger partial charge in [-0.2, -0.15) is 5.26 Å². The molecule has 0 spiro atoms. The van der Waals surface area contributed by atoms with E-state index in [0.717, 1.165) is 45.4 Å². The number of carbonyl (C=O) groups is 2. The largest absolute Gasteiger partial charge is 0.341 e. The van der Waals surface area contributed by atoms with E-state index in [-0.39, 0.29) is 17.7 Å². The van der Waals surface area contributed by atoms with Crippen molar-refractivity contribution >= 4 is 35.0 Å². The third kappa shape index (κ3) is 5.90. The van der Waals surface area contributed by atoms with Gasteiger partial charge in [0, 0.05) is 51.4 Å². The van der Waals surface area contributed by atoms with Gasteiger partial charge in [-0.3, -0.25) is 14.5 Å². The number of benzene rings is 2. The van der Waals surface area contributed by atoms with Crippen LogP contribution in [-0.4, -0.2) is 65.8 Å². The second-order valence-corrected chi connectivity index (χ2v) is 9.80. The Labute approximate surface area is 210 Å². The number of likely N-dealkylation sites (tertiary alicyclic amines) is 1. The average molecular weight is 499 g/mol. The molecule has 178 valence electrons. The van der Waals surface area contributed by atoms with E-state index in [9.17, 15) is 9.59 Å². The summed E-state index contributed by atoms with van der Waals surface area (Å²) in [5.41, 5.74) is 2.33. The van der Waals surface area contributed by atoms with E-state index in [1.807, 2.05) is 29.2 Å². The van der Waals surface area contributed by atoms with E-state index in [0.29, 0.717) is 40.8 Å².